The molecule has 1 N–H and O–H groups in total. The quantitative estimate of drug-likeness (QED) is 0.760. The van der Waals surface area contributed by atoms with E-state index in [1.54, 1.807) is 7.11 Å². The number of aromatic nitrogens is 1. The third kappa shape index (κ3) is 3.57. The molecule has 1 amide bonds. The number of fused-ring (bicyclic) bond motifs is 1. The van der Waals surface area contributed by atoms with Gasteiger partial charge in [-0.3, -0.25) is 4.79 Å². The summed E-state index contributed by atoms with van der Waals surface area (Å²) in [5.41, 5.74) is 3.47. The van der Waals surface area contributed by atoms with Crippen molar-refractivity contribution in [2.24, 2.45) is 0 Å². The molecular weight excluding hydrogens is 292 g/mol. The molecule has 0 saturated heterocycles. The summed E-state index contributed by atoms with van der Waals surface area (Å²) in [6.07, 6.45) is 0.198. The van der Waals surface area contributed by atoms with Gasteiger partial charge in [0.1, 0.15) is 5.69 Å². The molecule has 0 aliphatic rings. The first-order chi connectivity index (χ1) is 11.3. The van der Waals surface area contributed by atoms with E-state index in [1.807, 2.05) is 48.5 Å². The van der Waals surface area contributed by atoms with Gasteiger partial charge in [-0.15, -0.1) is 0 Å². The summed E-state index contributed by atoms with van der Waals surface area (Å²) in [7, 11) is 1.66. The van der Waals surface area contributed by atoms with Crippen LogP contribution in [0.2, 0.25) is 0 Å². The number of nitrogens with zero attached hydrogens (tertiary/aromatic N) is 1. The van der Waals surface area contributed by atoms with Crippen LogP contribution in [0.25, 0.3) is 11.0 Å². The number of benzene rings is 2. The van der Waals surface area contributed by atoms with Crippen LogP contribution in [-0.4, -0.2) is 18.2 Å². The Labute approximate surface area is 134 Å². The second kappa shape index (κ2) is 7.07. The fourth-order valence-electron chi connectivity index (χ4n) is 2.50. The molecule has 2 aromatic carbocycles. The molecule has 3 rings (SSSR count). The maximum atomic E-state index is 12.2. The van der Waals surface area contributed by atoms with Crippen LogP contribution in [0, 0.1) is 0 Å². The van der Waals surface area contributed by atoms with Crippen molar-refractivity contribution in [3.63, 3.8) is 0 Å². The molecule has 0 bridgehead atoms. The SMILES string of the molecule is COCc1ccccc1CNC(=O)Cc1noc2ccccc12. The molecule has 1 heterocycles. The summed E-state index contributed by atoms with van der Waals surface area (Å²) in [6, 6.07) is 15.4. The van der Waals surface area contributed by atoms with Gasteiger partial charge in [0.15, 0.2) is 5.58 Å². The van der Waals surface area contributed by atoms with E-state index < -0.39 is 0 Å². The van der Waals surface area contributed by atoms with Gasteiger partial charge in [0, 0.05) is 19.0 Å². The van der Waals surface area contributed by atoms with E-state index in [1.165, 1.54) is 0 Å². The van der Waals surface area contributed by atoms with Crippen molar-refractivity contribution < 1.29 is 14.1 Å². The molecule has 0 unspecified atom stereocenters. The summed E-state index contributed by atoms with van der Waals surface area (Å²) in [6.45, 7) is 0.994. The first-order valence-corrected chi connectivity index (χ1v) is 7.43. The molecule has 23 heavy (non-hydrogen) atoms. The minimum absolute atomic E-state index is 0.0868. The van der Waals surface area contributed by atoms with Crippen LogP contribution in [0.15, 0.2) is 53.1 Å². The number of carbonyl (C=O) groups is 1. The third-order valence-electron chi connectivity index (χ3n) is 3.67. The first kappa shape index (κ1) is 15.2. The zero-order valence-corrected chi connectivity index (χ0v) is 12.9. The molecule has 0 radical (unpaired) electrons. The van der Waals surface area contributed by atoms with Gasteiger partial charge in [-0.25, -0.2) is 0 Å². The van der Waals surface area contributed by atoms with Gasteiger partial charge in [0.25, 0.3) is 0 Å². The Balaban J connectivity index is 1.64. The summed E-state index contributed by atoms with van der Waals surface area (Å²) in [5, 5.41) is 7.78. The molecule has 0 aliphatic carbocycles. The number of ether oxygens (including phenoxy) is 1. The first-order valence-electron chi connectivity index (χ1n) is 7.43. The Morgan fingerprint density at radius 1 is 1.13 bits per heavy atom. The monoisotopic (exact) mass is 310 g/mol. The highest BCUT2D eigenvalue weighted by atomic mass is 16.5. The van der Waals surface area contributed by atoms with E-state index in [9.17, 15) is 4.79 Å². The van der Waals surface area contributed by atoms with Crippen LogP contribution in [-0.2, 0) is 29.1 Å². The second-order valence-corrected chi connectivity index (χ2v) is 5.28. The Morgan fingerprint density at radius 3 is 2.70 bits per heavy atom. The van der Waals surface area contributed by atoms with Crippen LogP contribution in [0.5, 0.6) is 0 Å². The number of para-hydroxylation sites is 1. The topological polar surface area (TPSA) is 64.4 Å². The summed E-state index contributed by atoms with van der Waals surface area (Å²) in [5.74, 6) is -0.0868. The molecule has 118 valence electrons. The lowest BCUT2D eigenvalue weighted by Gasteiger charge is -2.09. The van der Waals surface area contributed by atoms with Crippen molar-refractivity contribution in [2.45, 2.75) is 19.6 Å². The Bertz CT molecular complexity index is 811. The molecule has 0 saturated carbocycles. The lowest BCUT2D eigenvalue weighted by atomic mass is 10.1. The number of rotatable bonds is 6. The Hall–Kier alpha value is -2.66. The molecule has 0 atom stereocenters. The molecule has 0 fully saturated rings. The predicted octanol–water partition coefficient (Wildman–Crippen LogP) is 2.83. The molecule has 5 nitrogen and oxygen atoms in total. The largest absolute Gasteiger partial charge is 0.380 e. The predicted molar refractivity (Wildman–Crippen MR) is 86.7 cm³/mol. The van der Waals surface area contributed by atoms with Crippen molar-refractivity contribution in [1.29, 1.82) is 0 Å². The van der Waals surface area contributed by atoms with E-state index in [0.29, 0.717) is 24.4 Å². The zero-order valence-electron chi connectivity index (χ0n) is 12.9. The number of nitrogens with one attached hydrogen (secondary N) is 1. The lowest BCUT2D eigenvalue weighted by molar-refractivity contribution is -0.120. The van der Waals surface area contributed by atoms with Gasteiger partial charge >= 0.3 is 0 Å². The highest BCUT2D eigenvalue weighted by molar-refractivity contribution is 5.86. The summed E-state index contributed by atoms with van der Waals surface area (Å²) in [4.78, 5) is 12.2. The van der Waals surface area contributed by atoms with Crippen LogP contribution >= 0.6 is 0 Å². The number of amides is 1. The van der Waals surface area contributed by atoms with E-state index in [4.69, 9.17) is 9.26 Å². The molecular formula is C18H18N2O3. The second-order valence-electron chi connectivity index (χ2n) is 5.28. The fraction of sp³-hybridized carbons (Fsp3) is 0.222. The van der Waals surface area contributed by atoms with E-state index in [0.717, 1.165) is 16.5 Å². The van der Waals surface area contributed by atoms with Crippen LogP contribution < -0.4 is 5.32 Å². The lowest BCUT2D eigenvalue weighted by Crippen LogP contribution is -2.25. The smallest absolute Gasteiger partial charge is 0.226 e. The molecule has 0 spiro atoms. The molecule has 1 aromatic heterocycles. The number of hydrogen-bond donors (Lipinski definition) is 1. The van der Waals surface area contributed by atoms with Crippen molar-refractivity contribution in [1.82, 2.24) is 10.5 Å². The zero-order chi connectivity index (χ0) is 16.1. The van der Waals surface area contributed by atoms with Crippen molar-refractivity contribution in [3.8, 4) is 0 Å². The molecule has 3 aromatic rings. The average Bonchev–Trinajstić information content (AvgIpc) is 2.98. The fourth-order valence-corrected chi connectivity index (χ4v) is 2.50. The third-order valence-corrected chi connectivity index (χ3v) is 3.67. The van der Waals surface area contributed by atoms with Gasteiger partial charge < -0.3 is 14.6 Å². The van der Waals surface area contributed by atoms with Gasteiger partial charge in [-0.05, 0) is 23.3 Å². The summed E-state index contributed by atoms with van der Waals surface area (Å²) >= 11 is 0. The normalized spacial score (nSPS) is 10.8. The maximum Gasteiger partial charge on any atom is 0.226 e. The number of methoxy groups -OCH3 is 1. The van der Waals surface area contributed by atoms with Crippen LogP contribution in [0.1, 0.15) is 16.8 Å². The van der Waals surface area contributed by atoms with E-state index >= 15 is 0 Å². The minimum atomic E-state index is -0.0868. The highest BCUT2D eigenvalue weighted by Crippen LogP contribution is 2.18. The standard InChI is InChI=1S/C18H18N2O3/c1-22-12-14-7-3-2-6-13(14)11-19-18(21)10-16-15-8-4-5-9-17(15)23-20-16/h2-9H,10-12H2,1H3,(H,19,21). The summed E-state index contributed by atoms with van der Waals surface area (Å²) < 4.78 is 10.4. The Morgan fingerprint density at radius 2 is 1.87 bits per heavy atom. The van der Waals surface area contributed by atoms with Gasteiger partial charge in [-0.1, -0.05) is 41.6 Å². The van der Waals surface area contributed by atoms with Crippen LogP contribution in [0.3, 0.4) is 0 Å². The number of hydrogen-bond acceptors (Lipinski definition) is 4. The Kier molecular flexibility index (Phi) is 4.68. The van der Waals surface area contributed by atoms with Gasteiger partial charge in [-0.2, -0.15) is 0 Å². The van der Waals surface area contributed by atoms with Crippen molar-refractivity contribution in [3.05, 3.63) is 65.4 Å². The minimum Gasteiger partial charge on any atom is -0.380 e. The molecule has 5 heteroatoms. The van der Waals surface area contributed by atoms with Crippen LogP contribution in [0.4, 0.5) is 0 Å². The average molecular weight is 310 g/mol. The van der Waals surface area contributed by atoms with E-state index in [2.05, 4.69) is 10.5 Å². The van der Waals surface area contributed by atoms with Crippen molar-refractivity contribution >= 4 is 16.9 Å². The van der Waals surface area contributed by atoms with Crippen molar-refractivity contribution in [2.75, 3.05) is 7.11 Å². The van der Waals surface area contributed by atoms with Gasteiger partial charge in [0.2, 0.25) is 5.91 Å². The van der Waals surface area contributed by atoms with E-state index in [-0.39, 0.29) is 12.3 Å². The van der Waals surface area contributed by atoms with Gasteiger partial charge in [0.05, 0.1) is 13.0 Å². The molecule has 0 aliphatic heterocycles. The highest BCUT2D eigenvalue weighted by Gasteiger charge is 2.12. The number of carbonyl (C=O) groups excluding carboxylic acids is 1. The maximum absolute atomic E-state index is 12.2.